The van der Waals surface area contributed by atoms with Crippen molar-refractivity contribution < 1.29 is 43.3 Å². The molecule has 5 amide bonds. The number of hydrogen-bond acceptors (Lipinski definition) is 15. The van der Waals surface area contributed by atoms with Gasteiger partial charge in [-0.15, -0.1) is 32.9 Å². The summed E-state index contributed by atoms with van der Waals surface area (Å²) in [6.45, 7) is 14.4. The van der Waals surface area contributed by atoms with Crippen LogP contribution in [0.2, 0.25) is 5.02 Å². The summed E-state index contributed by atoms with van der Waals surface area (Å²) in [5, 5.41) is 32.7. The first-order valence-corrected chi connectivity index (χ1v) is 28.7. The highest BCUT2D eigenvalue weighted by atomic mass is 35.5. The van der Waals surface area contributed by atoms with E-state index in [0.717, 1.165) is 59.5 Å². The van der Waals surface area contributed by atoms with Crippen molar-refractivity contribution in [3.63, 3.8) is 0 Å². The molecule has 424 valence electrons. The Labute approximate surface area is 478 Å². The van der Waals surface area contributed by atoms with Gasteiger partial charge in [0.25, 0.3) is 0 Å². The van der Waals surface area contributed by atoms with E-state index in [1.807, 2.05) is 97.3 Å². The van der Waals surface area contributed by atoms with E-state index in [4.69, 9.17) is 30.8 Å². The average molecular weight is 1150 g/mol. The first-order valence-electron chi connectivity index (χ1n) is 26.6. The third-order valence-electron chi connectivity index (χ3n) is 13.9. The molecule has 2 aliphatic rings. The number of nitrogens with zero attached hydrogens (tertiary/aromatic N) is 6. The molecular formula is C58H69ClN10O9S2. The summed E-state index contributed by atoms with van der Waals surface area (Å²) >= 11 is 9.45. The second kappa shape index (κ2) is 27.2. The number of hydrogen-bond donors (Lipinski definition) is 5. The molecule has 0 radical (unpaired) electrons. The Bertz CT molecular complexity index is 3160. The Balaban J connectivity index is 0.765. The third kappa shape index (κ3) is 15.0. The Kier molecular flexibility index (Phi) is 20.2. The molecule has 0 aliphatic carbocycles. The maximum atomic E-state index is 14.4. The fraction of sp³-hybridized carbons (Fsp3) is 0.431. The van der Waals surface area contributed by atoms with Gasteiger partial charge in [-0.3, -0.25) is 33.5 Å². The van der Waals surface area contributed by atoms with E-state index in [9.17, 15) is 29.1 Å². The predicted molar refractivity (Wildman–Crippen MR) is 307 cm³/mol. The molecule has 5 N–H and O–H groups in total. The molecule has 0 spiro atoms. The number of aliphatic hydroxyl groups is 1. The fourth-order valence-electron chi connectivity index (χ4n) is 9.57. The molecule has 22 heteroatoms. The van der Waals surface area contributed by atoms with Gasteiger partial charge in [0.2, 0.25) is 29.5 Å². The lowest BCUT2D eigenvalue weighted by Gasteiger charge is -2.36. The number of amides is 5. The summed E-state index contributed by atoms with van der Waals surface area (Å²) in [5.74, 6) is -1.02. The van der Waals surface area contributed by atoms with E-state index in [2.05, 4.69) is 50.3 Å². The molecule has 5 unspecified atom stereocenters. The number of aromatic nitrogens is 4. The summed E-state index contributed by atoms with van der Waals surface area (Å²) in [4.78, 5) is 82.0. The highest BCUT2D eigenvalue weighted by molar-refractivity contribution is 7.15. The number of β-amino-alcohol motifs (C(OH)–C–C–N with tert-alkyl or cyclic N) is 1. The molecule has 1 fully saturated rings. The summed E-state index contributed by atoms with van der Waals surface area (Å²) in [6.07, 6.45) is -0.740. The van der Waals surface area contributed by atoms with Gasteiger partial charge in [0, 0.05) is 53.5 Å². The van der Waals surface area contributed by atoms with Gasteiger partial charge in [-0.05, 0) is 67.5 Å². The molecule has 0 saturated carbocycles. The summed E-state index contributed by atoms with van der Waals surface area (Å²) in [5.41, 5.74) is 8.32. The predicted octanol–water partition coefficient (Wildman–Crippen LogP) is 6.32. The van der Waals surface area contributed by atoms with Gasteiger partial charge in [-0.1, -0.05) is 99.1 Å². The molecule has 19 nitrogen and oxygen atoms in total. The Morgan fingerprint density at radius 3 is 2.19 bits per heavy atom. The van der Waals surface area contributed by atoms with Crippen LogP contribution in [0.25, 0.3) is 15.4 Å². The molecule has 0 bridgehead atoms. The number of thiazole rings is 1. The Morgan fingerprint density at radius 2 is 1.50 bits per heavy atom. The van der Waals surface area contributed by atoms with Crippen molar-refractivity contribution >= 4 is 69.5 Å². The number of likely N-dealkylation sites (tertiary alicyclic amines) is 1. The molecular weight excluding hydrogens is 1080 g/mol. The van der Waals surface area contributed by atoms with Crippen molar-refractivity contribution in [2.75, 3.05) is 52.7 Å². The van der Waals surface area contributed by atoms with Crippen LogP contribution in [-0.2, 0) is 51.1 Å². The fourth-order valence-corrected chi connectivity index (χ4v) is 11.7. The highest BCUT2D eigenvalue weighted by Gasteiger charge is 2.45. The van der Waals surface area contributed by atoms with Crippen molar-refractivity contribution in [2.24, 2.45) is 10.4 Å². The van der Waals surface area contributed by atoms with E-state index in [0.29, 0.717) is 16.7 Å². The van der Waals surface area contributed by atoms with Crippen LogP contribution in [0.4, 0.5) is 0 Å². The number of rotatable bonds is 24. The summed E-state index contributed by atoms with van der Waals surface area (Å²) in [6, 6.07) is 20.7. The van der Waals surface area contributed by atoms with Gasteiger partial charge in [0.05, 0.1) is 67.4 Å². The standard InChI is InChI=1S/C58H69ClN10O9S2/c1-34-36(3)80-57-49(34)50(40-17-19-42(59)20-18-40)64-44(53-67-66-37(4)69(53)57)29-47(71)60-21-22-76-23-24-77-25-26-78-32-48(72)63-45(27-38-11-9-8-10-12-38)54(73)65-52(58(5,6)7)56(75)68-31-43(70)28-46(68)55(74)61-30-39-13-15-41(16-14-39)51-35(2)62-33-79-51/h8-20,33,43-46,52,70H,21-32H2,1-7H3,(H,60,71)(H,61,74)(H,63,72)(H,65,73). The zero-order valence-electron chi connectivity index (χ0n) is 46.0. The van der Waals surface area contributed by atoms with Gasteiger partial charge in [-0.25, -0.2) is 4.98 Å². The number of carbonyl (C=O) groups is 5. The monoisotopic (exact) mass is 1150 g/mol. The lowest BCUT2D eigenvalue weighted by Crippen LogP contribution is -2.60. The molecule has 8 rings (SSSR count). The van der Waals surface area contributed by atoms with Crippen molar-refractivity contribution in [1.82, 2.24) is 45.9 Å². The Hall–Kier alpha value is -6.72. The minimum atomic E-state index is -1.12. The van der Waals surface area contributed by atoms with Crippen LogP contribution in [0.15, 0.2) is 89.4 Å². The molecule has 3 aromatic carbocycles. The van der Waals surface area contributed by atoms with Gasteiger partial charge >= 0.3 is 0 Å². The quantitative estimate of drug-likeness (QED) is 0.0419. The molecule has 2 aliphatic heterocycles. The molecule has 5 atom stereocenters. The topological polar surface area (TPSA) is 241 Å². The van der Waals surface area contributed by atoms with Crippen LogP contribution in [0, 0.1) is 33.1 Å². The van der Waals surface area contributed by atoms with Gasteiger partial charge in [0.1, 0.15) is 41.6 Å². The van der Waals surface area contributed by atoms with Crippen LogP contribution < -0.4 is 21.3 Å². The van der Waals surface area contributed by atoms with E-state index in [-0.39, 0.29) is 84.4 Å². The van der Waals surface area contributed by atoms with Gasteiger partial charge < -0.3 is 45.5 Å². The van der Waals surface area contributed by atoms with Crippen LogP contribution >= 0.6 is 34.3 Å². The molecule has 6 aromatic rings. The first kappa shape index (κ1) is 59.4. The highest BCUT2D eigenvalue weighted by Crippen LogP contribution is 2.40. The molecule has 80 heavy (non-hydrogen) atoms. The van der Waals surface area contributed by atoms with Crippen LogP contribution in [-0.4, -0.2) is 142 Å². The maximum Gasteiger partial charge on any atom is 0.246 e. The minimum absolute atomic E-state index is 0.0374. The number of aliphatic imine (C=N–C) groups is 1. The SMILES string of the molecule is Cc1ncsc1-c1ccc(CNC(=O)C2CC(O)CN2C(=O)C(NC(=O)C(Cc2ccccc2)NC(=O)COCCOCCOCCNC(=O)CC2N=C(c3ccc(Cl)cc3)c3c(sc(C)c3C)-n3c(C)nnc32)C(C)(C)C)cc1. The Morgan fingerprint density at radius 1 is 0.812 bits per heavy atom. The zero-order valence-corrected chi connectivity index (χ0v) is 48.4. The van der Waals surface area contributed by atoms with E-state index in [1.165, 1.54) is 4.90 Å². The number of benzene rings is 3. The first-order chi connectivity index (χ1) is 38.4. The molecule has 3 aromatic heterocycles. The number of carbonyl (C=O) groups excluding carboxylic acids is 5. The lowest BCUT2D eigenvalue weighted by molar-refractivity contribution is -0.144. The number of aliphatic hydroxyl groups excluding tert-OH is 1. The van der Waals surface area contributed by atoms with Crippen LogP contribution in [0.5, 0.6) is 0 Å². The molecule has 5 heterocycles. The largest absolute Gasteiger partial charge is 0.391 e. The average Bonchev–Trinajstić information content (AvgIpc) is 4.21. The number of halogens is 1. The number of ether oxygens (including phenoxy) is 3. The van der Waals surface area contributed by atoms with Crippen LogP contribution in [0.3, 0.4) is 0 Å². The molecule has 1 saturated heterocycles. The van der Waals surface area contributed by atoms with E-state index >= 15 is 0 Å². The smallest absolute Gasteiger partial charge is 0.246 e. The van der Waals surface area contributed by atoms with E-state index in [1.54, 1.807) is 49.0 Å². The second-order valence-electron chi connectivity index (χ2n) is 20.9. The number of aryl methyl sites for hydroxylation is 3. The van der Waals surface area contributed by atoms with Crippen molar-refractivity contribution in [2.45, 2.75) is 105 Å². The minimum Gasteiger partial charge on any atom is -0.391 e. The van der Waals surface area contributed by atoms with Crippen LogP contribution in [0.1, 0.15) is 89.7 Å². The summed E-state index contributed by atoms with van der Waals surface area (Å²) in [7, 11) is 0. The van der Waals surface area contributed by atoms with Gasteiger partial charge in [-0.2, -0.15) is 0 Å². The maximum absolute atomic E-state index is 14.4. The normalized spacial score (nSPS) is 16.7. The lowest BCUT2D eigenvalue weighted by atomic mass is 9.85. The third-order valence-corrected chi connectivity index (χ3v) is 16.3. The second-order valence-corrected chi connectivity index (χ2v) is 23.4. The van der Waals surface area contributed by atoms with Crippen molar-refractivity contribution in [1.29, 1.82) is 0 Å². The zero-order chi connectivity index (χ0) is 57.1. The number of thiophene rings is 1. The van der Waals surface area contributed by atoms with Crippen molar-refractivity contribution in [3.05, 3.63) is 139 Å². The number of nitrogens with one attached hydrogen (secondary N) is 4. The van der Waals surface area contributed by atoms with Gasteiger partial charge in [0.15, 0.2) is 5.82 Å². The van der Waals surface area contributed by atoms with Crippen molar-refractivity contribution in [3.8, 4) is 15.4 Å². The summed E-state index contributed by atoms with van der Waals surface area (Å²) < 4.78 is 19.0. The van der Waals surface area contributed by atoms with E-state index < -0.39 is 59.3 Å². The number of fused-ring (bicyclic) bond motifs is 3.